The quantitative estimate of drug-likeness (QED) is 0.487. The van der Waals surface area contributed by atoms with Gasteiger partial charge in [0.15, 0.2) is 0 Å². The summed E-state index contributed by atoms with van der Waals surface area (Å²) in [6, 6.07) is 13.8. The van der Waals surface area contributed by atoms with Gasteiger partial charge in [-0.2, -0.15) is 0 Å². The minimum atomic E-state index is -0.256. The Bertz CT molecular complexity index is 1180. The first-order chi connectivity index (χ1) is 15.3. The molecule has 5 heteroatoms. The monoisotopic (exact) mass is 445 g/mol. The average molecular weight is 446 g/mol. The van der Waals surface area contributed by atoms with Crippen LogP contribution in [0.4, 0.5) is 11.4 Å². The topological polar surface area (TPSA) is 58.4 Å². The molecule has 2 saturated heterocycles. The molecule has 4 unspecified atom stereocenters. The van der Waals surface area contributed by atoms with Crippen molar-refractivity contribution in [3.63, 3.8) is 0 Å². The van der Waals surface area contributed by atoms with Crippen molar-refractivity contribution in [1.29, 1.82) is 0 Å². The summed E-state index contributed by atoms with van der Waals surface area (Å²) in [4.78, 5) is 15.3. The van der Waals surface area contributed by atoms with Gasteiger partial charge >= 0.3 is 0 Å². The van der Waals surface area contributed by atoms with Gasteiger partial charge in [-0.05, 0) is 73.9 Å². The van der Waals surface area contributed by atoms with Crippen molar-refractivity contribution in [3.8, 4) is 12.3 Å². The van der Waals surface area contributed by atoms with Crippen LogP contribution in [0.5, 0.6) is 0 Å². The highest BCUT2D eigenvalue weighted by molar-refractivity contribution is 6.33. The molecule has 4 atom stereocenters. The number of benzene rings is 2. The van der Waals surface area contributed by atoms with Gasteiger partial charge in [-0.1, -0.05) is 42.6 Å². The number of para-hydroxylation sites is 2. The number of fused-ring (bicyclic) bond motifs is 4. The van der Waals surface area contributed by atoms with Crippen LogP contribution in [0.15, 0.2) is 48.0 Å². The van der Waals surface area contributed by atoms with E-state index in [-0.39, 0.29) is 11.3 Å². The van der Waals surface area contributed by atoms with E-state index in [2.05, 4.69) is 30.1 Å². The molecule has 4 nitrogen and oxygen atoms in total. The molecule has 0 aromatic heterocycles. The lowest BCUT2D eigenvalue weighted by Gasteiger charge is -2.24. The molecule has 32 heavy (non-hydrogen) atoms. The highest BCUT2D eigenvalue weighted by Gasteiger charge is 2.61. The van der Waals surface area contributed by atoms with Gasteiger partial charge < -0.3 is 11.1 Å². The molecule has 3 N–H and O–H groups in total. The van der Waals surface area contributed by atoms with E-state index in [0.29, 0.717) is 40.0 Å². The van der Waals surface area contributed by atoms with E-state index in [0.717, 1.165) is 17.6 Å². The molecule has 2 bridgehead atoms. The van der Waals surface area contributed by atoms with Gasteiger partial charge in [0, 0.05) is 33.8 Å². The summed E-state index contributed by atoms with van der Waals surface area (Å²) in [5, 5.41) is 3.35. The highest BCUT2D eigenvalue weighted by atomic mass is 35.5. The summed E-state index contributed by atoms with van der Waals surface area (Å²) in [7, 11) is 2.26. The van der Waals surface area contributed by atoms with Gasteiger partial charge in [-0.3, -0.25) is 9.69 Å². The van der Waals surface area contributed by atoms with E-state index in [4.69, 9.17) is 23.8 Å². The van der Waals surface area contributed by atoms with Crippen molar-refractivity contribution < 1.29 is 4.79 Å². The van der Waals surface area contributed by atoms with Gasteiger partial charge in [0.1, 0.15) is 0 Å². The van der Waals surface area contributed by atoms with Gasteiger partial charge in [0.2, 0.25) is 0 Å². The molecule has 2 aromatic carbocycles. The van der Waals surface area contributed by atoms with Crippen molar-refractivity contribution in [2.45, 2.75) is 44.7 Å². The molecule has 0 radical (unpaired) electrons. The molecular formula is C27H28ClN3O. The standard InChI is InChI=1S/C27H28ClN3O/c1-4-18(20-14-17-10-12-25(31(17)3)21-15-27(20,21)2)19-11-9-16(13-22(19)28)26(32)30-24-8-6-5-7-23(24)29/h1,5-9,11,13,17,21,25H,10,12,14-15,29H2,2-3H3,(H,30,32). The van der Waals surface area contributed by atoms with Crippen LogP contribution in [0.2, 0.25) is 5.02 Å². The number of hydrogen-bond donors (Lipinski definition) is 2. The second-order valence-electron chi connectivity index (χ2n) is 9.63. The van der Waals surface area contributed by atoms with Gasteiger partial charge in [0.25, 0.3) is 5.91 Å². The first-order valence-electron chi connectivity index (χ1n) is 11.2. The molecule has 1 saturated carbocycles. The molecule has 3 aliphatic rings. The first-order valence-corrected chi connectivity index (χ1v) is 11.6. The Labute approximate surface area is 194 Å². The predicted octanol–water partition coefficient (Wildman–Crippen LogP) is 5.45. The lowest BCUT2D eigenvalue weighted by molar-refractivity contribution is 0.102. The van der Waals surface area contributed by atoms with Gasteiger partial charge in [0.05, 0.1) is 11.4 Å². The lowest BCUT2D eigenvalue weighted by atomic mass is 9.82. The van der Waals surface area contributed by atoms with E-state index in [1.54, 1.807) is 24.3 Å². The van der Waals surface area contributed by atoms with E-state index < -0.39 is 0 Å². The van der Waals surface area contributed by atoms with E-state index in [1.165, 1.54) is 24.8 Å². The van der Waals surface area contributed by atoms with Crippen molar-refractivity contribution in [3.05, 3.63) is 64.2 Å². The largest absolute Gasteiger partial charge is 0.397 e. The summed E-state index contributed by atoms with van der Waals surface area (Å²) in [6.07, 6.45) is 10.8. The van der Waals surface area contributed by atoms with Crippen molar-refractivity contribution in [2.75, 3.05) is 18.1 Å². The number of anilines is 2. The highest BCUT2D eigenvalue weighted by Crippen LogP contribution is 2.66. The lowest BCUT2D eigenvalue weighted by Crippen LogP contribution is -2.32. The number of amides is 1. The van der Waals surface area contributed by atoms with Crippen molar-refractivity contribution >= 4 is 34.5 Å². The molecule has 1 aliphatic carbocycles. The second-order valence-corrected chi connectivity index (χ2v) is 10.0. The van der Waals surface area contributed by atoms with Crippen LogP contribution in [-0.4, -0.2) is 29.9 Å². The Morgan fingerprint density at radius 3 is 2.78 bits per heavy atom. The number of hydrogen-bond acceptors (Lipinski definition) is 3. The maximum atomic E-state index is 12.8. The molecular weight excluding hydrogens is 418 g/mol. The normalized spacial score (nSPS) is 30.1. The number of nitrogens with zero attached hydrogens (tertiary/aromatic N) is 1. The maximum Gasteiger partial charge on any atom is 0.255 e. The molecule has 164 valence electrons. The number of carbonyl (C=O) groups excluding carboxylic acids is 1. The Morgan fingerprint density at radius 2 is 2.06 bits per heavy atom. The zero-order valence-electron chi connectivity index (χ0n) is 18.5. The summed E-state index contributed by atoms with van der Waals surface area (Å²) in [6.45, 7) is 2.36. The van der Waals surface area contributed by atoms with Crippen LogP contribution in [0.3, 0.4) is 0 Å². The third-order valence-electron chi connectivity index (χ3n) is 7.95. The van der Waals surface area contributed by atoms with E-state index in [9.17, 15) is 4.79 Å². The molecule has 0 spiro atoms. The van der Waals surface area contributed by atoms with Crippen LogP contribution in [0.25, 0.3) is 5.57 Å². The van der Waals surface area contributed by atoms with Crippen LogP contribution in [-0.2, 0) is 0 Å². The minimum absolute atomic E-state index is 0.153. The number of nitrogens with two attached hydrogens (primary N) is 1. The molecule has 2 heterocycles. The number of nitrogens with one attached hydrogen (secondary N) is 1. The molecule has 2 aromatic rings. The van der Waals surface area contributed by atoms with Crippen molar-refractivity contribution in [1.82, 2.24) is 4.90 Å². The van der Waals surface area contributed by atoms with Crippen LogP contribution in [0, 0.1) is 23.7 Å². The smallest absolute Gasteiger partial charge is 0.255 e. The third kappa shape index (κ3) is 3.32. The molecule has 2 aliphatic heterocycles. The molecule has 1 amide bonds. The number of carbonyl (C=O) groups is 1. The third-order valence-corrected chi connectivity index (χ3v) is 8.26. The Hall–Kier alpha value is -2.74. The molecule has 5 rings (SSSR count). The fourth-order valence-electron chi connectivity index (χ4n) is 5.93. The minimum Gasteiger partial charge on any atom is -0.397 e. The number of rotatable bonds is 3. The second kappa shape index (κ2) is 7.69. The maximum absolute atomic E-state index is 12.8. The number of nitrogen functional groups attached to an aromatic ring is 1. The predicted molar refractivity (Wildman–Crippen MR) is 131 cm³/mol. The SMILES string of the molecule is C#CC(=C1CC2CCC(C3CC13C)N2C)c1ccc(C(=O)Nc2ccccc2N)cc1Cl. The average Bonchev–Trinajstić information content (AvgIpc) is 3.32. The van der Waals surface area contributed by atoms with Crippen LogP contribution in [0.1, 0.15) is 48.5 Å². The van der Waals surface area contributed by atoms with E-state index >= 15 is 0 Å². The fourth-order valence-corrected chi connectivity index (χ4v) is 6.20. The van der Waals surface area contributed by atoms with E-state index in [1.807, 2.05) is 18.2 Å². The fraction of sp³-hybridized carbons (Fsp3) is 0.370. The number of halogens is 1. The number of terminal acetylenes is 1. The van der Waals surface area contributed by atoms with Crippen LogP contribution >= 0.6 is 11.6 Å². The summed E-state index contributed by atoms with van der Waals surface area (Å²) in [5.41, 5.74) is 10.8. The summed E-state index contributed by atoms with van der Waals surface area (Å²) in [5.74, 6) is 3.38. The van der Waals surface area contributed by atoms with Gasteiger partial charge in [-0.15, -0.1) is 6.42 Å². The van der Waals surface area contributed by atoms with Crippen LogP contribution < -0.4 is 11.1 Å². The first kappa shape index (κ1) is 21.1. The molecule has 3 fully saturated rings. The zero-order chi connectivity index (χ0) is 22.6. The summed E-state index contributed by atoms with van der Waals surface area (Å²) < 4.78 is 0. The Kier molecular flexibility index (Phi) is 5.08. The van der Waals surface area contributed by atoms with Crippen molar-refractivity contribution in [2.24, 2.45) is 11.3 Å². The van der Waals surface area contributed by atoms with Gasteiger partial charge in [-0.25, -0.2) is 0 Å². The Morgan fingerprint density at radius 1 is 1.28 bits per heavy atom. The number of allylic oxidation sites excluding steroid dienone is 1. The Balaban J connectivity index is 1.48. The summed E-state index contributed by atoms with van der Waals surface area (Å²) >= 11 is 6.71. The zero-order valence-corrected chi connectivity index (χ0v) is 19.2.